The predicted molar refractivity (Wildman–Crippen MR) is 143 cm³/mol. The number of phenols is 2. The minimum Gasteiger partial charge on any atom is -0.504 e. The van der Waals surface area contributed by atoms with Gasteiger partial charge in [-0.2, -0.15) is 5.10 Å². The van der Waals surface area contributed by atoms with Crippen molar-refractivity contribution in [2.24, 2.45) is 10.9 Å². The van der Waals surface area contributed by atoms with Gasteiger partial charge in [0.1, 0.15) is 11.3 Å². The second kappa shape index (κ2) is 10.4. The molecule has 3 aromatic carbocycles. The summed E-state index contributed by atoms with van der Waals surface area (Å²) in [6.45, 7) is 6.86. The Bertz CT molecular complexity index is 1450. The summed E-state index contributed by atoms with van der Waals surface area (Å²) in [7, 11) is 0. The summed E-state index contributed by atoms with van der Waals surface area (Å²) >= 11 is 6.03. The number of halogens is 1. The minimum absolute atomic E-state index is 0.0298. The summed E-state index contributed by atoms with van der Waals surface area (Å²) in [5.41, 5.74) is 10.1. The Labute approximate surface area is 219 Å². The first-order chi connectivity index (χ1) is 17.5. The number of hydrogen-bond donors (Lipinski definition) is 3. The van der Waals surface area contributed by atoms with Crippen molar-refractivity contribution in [1.82, 2.24) is 9.78 Å². The molecule has 0 bridgehead atoms. The lowest BCUT2D eigenvalue weighted by Gasteiger charge is -2.19. The molecule has 1 aromatic heterocycles. The lowest BCUT2D eigenvalue weighted by Crippen LogP contribution is -2.21. The Hall–Kier alpha value is -4.30. The van der Waals surface area contributed by atoms with Gasteiger partial charge in [0.05, 0.1) is 12.2 Å². The SMILES string of the molecule is CC(C)(C)c1ccc(Cn2nc(-c3ccc(Cl)cc3)cc2/C(N)=N/OC(=O)c2cccc(O)c2O)cc1. The zero-order valence-electron chi connectivity index (χ0n) is 20.6. The molecule has 0 fully saturated rings. The van der Waals surface area contributed by atoms with Crippen molar-refractivity contribution in [3.8, 4) is 22.8 Å². The number of oxime groups is 1. The minimum atomic E-state index is -0.974. The number of benzene rings is 3. The number of phenolic OH excluding ortho intramolecular Hbond substituents is 2. The highest BCUT2D eigenvalue weighted by molar-refractivity contribution is 6.30. The maximum Gasteiger partial charge on any atom is 0.369 e. The molecule has 0 aliphatic heterocycles. The predicted octanol–water partition coefficient (Wildman–Crippen LogP) is 5.44. The Morgan fingerprint density at radius 3 is 2.38 bits per heavy atom. The van der Waals surface area contributed by atoms with Crippen LogP contribution in [0.5, 0.6) is 11.5 Å². The Balaban J connectivity index is 1.66. The molecule has 4 N–H and O–H groups in total. The number of amidine groups is 1. The van der Waals surface area contributed by atoms with Crippen LogP contribution in [-0.4, -0.2) is 31.8 Å². The first-order valence-electron chi connectivity index (χ1n) is 11.5. The molecule has 0 unspecified atom stereocenters. The molecule has 4 rings (SSSR count). The van der Waals surface area contributed by atoms with Crippen LogP contribution in [0.1, 0.15) is 48.0 Å². The molecule has 0 saturated heterocycles. The molecule has 1 heterocycles. The molecule has 0 atom stereocenters. The number of aromatic hydroxyl groups is 2. The van der Waals surface area contributed by atoms with Crippen molar-refractivity contribution in [3.63, 3.8) is 0 Å². The molecule has 0 radical (unpaired) electrons. The topological polar surface area (TPSA) is 123 Å². The molecule has 0 saturated carbocycles. The second-order valence-corrected chi connectivity index (χ2v) is 9.99. The van der Waals surface area contributed by atoms with Crippen LogP contribution in [-0.2, 0) is 16.8 Å². The highest BCUT2D eigenvalue weighted by Crippen LogP contribution is 2.29. The van der Waals surface area contributed by atoms with Crippen LogP contribution in [0.4, 0.5) is 0 Å². The third-order valence-corrected chi connectivity index (χ3v) is 6.05. The van der Waals surface area contributed by atoms with E-state index in [2.05, 4.69) is 38.1 Å². The normalized spacial score (nSPS) is 11.9. The molecule has 0 spiro atoms. The number of rotatable bonds is 6. The van der Waals surface area contributed by atoms with E-state index in [-0.39, 0.29) is 16.8 Å². The van der Waals surface area contributed by atoms with E-state index in [4.69, 9.17) is 27.3 Å². The molecule has 37 heavy (non-hydrogen) atoms. The van der Waals surface area contributed by atoms with Gasteiger partial charge in [-0.1, -0.05) is 80.0 Å². The highest BCUT2D eigenvalue weighted by Gasteiger charge is 2.19. The fourth-order valence-corrected chi connectivity index (χ4v) is 3.80. The number of nitrogens with zero attached hydrogens (tertiary/aromatic N) is 3. The maximum absolute atomic E-state index is 12.4. The van der Waals surface area contributed by atoms with E-state index in [0.717, 1.165) is 11.1 Å². The molecular weight excluding hydrogens is 492 g/mol. The van der Waals surface area contributed by atoms with Gasteiger partial charge in [0.15, 0.2) is 17.3 Å². The van der Waals surface area contributed by atoms with Crippen molar-refractivity contribution in [3.05, 3.63) is 100 Å². The summed E-state index contributed by atoms with van der Waals surface area (Å²) in [4.78, 5) is 17.4. The van der Waals surface area contributed by atoms with Crippen molar-refractivity contribution in [2.45, 2.75) is 32.7 Å². The lowest BCUT2D eigenvalue weighted by molar-refractivity contribution is 0.0511. The summed E-state index contributed by atoms with van der Waals surface area (Å²) < 4.78 is 1.68. The fraction of sp³-hybridized carbons (Fsp3) is 0.179. The van der Waals surface area contributed by atoms with Gasteiger partial charge in [0.2, 0.25) is 0 Å². The van der Waals surface area contributed by atoms with E-state index >= 15 is 0 Å². The van der Waals surface area contributed by atoms with E-state index in [1.165, 1.54) is 23.8 Å². The highest BCUT2D eigenvalue weighted by atomic mass is 35.5. The molecule has 0 aliphatic carbocycles. The van der Waals surface area contributed by atoms with Gasteiger partial charge in [-0.15, -0.1) is 0 Å². The number of nitrogens with two attached hydrogens (primary N) is 1. The van der Waals surface area contributed by atoms with E-state index in [0.29, 0.717) is 23.0 Å². The van der Waals surface area contributed by atoms with Gasteiger partial charge in [0, 0.05) is 10.6 Å². The number of aromatic nitrogens is 2. The monoisotopic (exact) mass is 518 g/mol. The molecule has 190 valence electrons. The van der Waals surface area contributed by atoms with Crippen LogP contribution in [0.25, 0.3) is 11.3 Å². The first kappa shape index (κ1) is 25.8. The smallest absolute Gasteiger partial charge is 0.369 e. The zero-order valence-corrected chi connectivity index (χ0v) is 21.4. The van der Waals surface area contributed by atoms with Gasteiger partial charge >= 0.3 is 5.97 Å². The average Bonchev–Trinajstić information content (AvgIpc) is 3.28. The van der Waals surface area contributed by atoms with Gasteiger partial charge in [-0.3, -0.25) is 4.68 Å². The van der Waals surface area contributed by atoms with E-state index in [1.54, 1.807) is 22.9 Å². The third kappa shape index (κ3) is 5.92. The van der Waals surface area contributed by atoms with Crippen molar-refractivity contribution in [1.29, 1.82) is 0 Å². The Morgan fingerprint density at radius 2 is 1.73 bits per heavy atom. The fourth-order valence-electron chi connectivity index (χ4n) is 3.67. The van der Waals surface area contributed by atoms with Crippen LogP contribution >= 0.6 is 11.6 Å². The number of hydrogen-bond acceptors (Lipinski definition) is 6. The van der Waals surface area contributed by atoms with Crippen LogP contribution in [0.2, 0.25) is 5.02 Å². The number of carbonyl (C=O) groups excluding carboxylic acids is 1. The maximum atomic E-state index is 12.4. The summed E-state index contributed by atoms with van der Waals surface area (Å²) in [5.74, 6) is -2.12. The molecule has 0 amide bonds. The average molecular weight is 519 g/mol. The van der Waals surface area contributed by atoms with Crippen LogP contribution in [0, 0.1) is 0 Å². The van der Waals surface area contributed by atoms with E-state index in [9.17, 15) is 15.0 Å². The first-order valence-corrected chi connectivity index (χ1v) is 11.9. The van der Waals surface area contributed by atoms with Gasteiger partial charge in [0.25, 0.3) is 0 Å². The van der Waals surface area contributed by atoms with E-state index in [1.807, 2.05) is 24.3 Å². The van der Waals surface area contributed by atoms with Gasteiger partial charge < -0.3 is 20.8 Å². The third-order valence-electron chi connectivity index (χ3n) is 5.80. The van der Waals surface area contributed by atoms with E-state index < -0.39 is 17.5 Å². The Morgan fingerprint density at radius 1 is 1.05 bits per heavy atom. The second-order valence-electron chi connectivity index (χ2n) is 9.55. The Kier molecular flexibility index (Phi) is 7.22. The summed E-state index contributed by atoms with van der Waals surface area (Å²) in [5, 5.41) is 28.6. The zero-order chi connectivity index (χ0) is 26.7. The quantitative estimate of drug-likeness (QED) is 0.103. The number of carbonyl (C=O) groups is 1. The van der Waals surface area contributed by atoms with Gasteiger partial charge in [-0.25, -0.2) is 4.79 Å². The standard InChI is InChI=1S/C28H27ClN4O4/c1-28(2,3)19-11-7-17(8-12-19)16-33-23(15-22(31-33)18-9-13-20(29)14-10-18)26(30)32-37-27(36)21-5-4-6-24(34)25(21)35/h4-15,34-35H,16H2,1-3H3,(H2,30,32). The van der Waals surface area contributed by atoms with Crippen molar-refractivity contribution in [2.75, 3.05) is 0 Å². The van der Waals surface area contributed by atoms with Crippen molar-refractivity contribution < 1.29 is 19.8 Å². The summed E-state index contributed by atoms with van der Waals surface area (Å²) in [6.07, 6.45) is 0. The molecular formula is C28H27ClN4O4. The van der Waals surface area contributed by atoms with Crippen molar-refractivity contribution >= 4 is 23.4 Å². The number of para-hydroxylation sites is 1. The van der Waals surface area contributed by atoms with Crippen LogP contribution in [0.15, 0.2) is 78.0 Å². The molecule has 9 heteroatoms. The summed E-state index contributed by atoms with van der Waals surface area (Å²) in [6, 6.07) is 21.1. The molecule has 8 nitrogen and oxygen atoms in total. The largest absolute Gasteiger partial charge is 0.504 e. The lowest BCUT2D eigenvalue weighted by atomic mass is 9.87. The van der Waals surface area contributed by atoms with Gasteiger partial charge in [-0.05, 0) is 46.9 Å². The molecule has 4 aromatic rings. The van der Waals surface area contributed by atoms with Crippen LogP contribution < -0.4 is 5.73 Å². The van der Waals surface area contributed by atoms with Crippen LogP contribution in [0.3, 0.4) is 0 Å². The molecule has 0 aliphatic rings.